The van der Waals surface area contributed by atoms with Crippen LogP contribution in [-0.4, -0.2) is 58.9 Å². The standard InChI is InChI=1S/C38H45N5O5/c1-6-46-25-32-41-35-36(30-20-18-27(19-21-33(44)47-7-2)22-31(30)40-37(35)39-5)43(32)26-38(3,4)48-34(45)24-42(29-16-12-9-13-17-29)23-28-14-10-8-11-15-28/h8-18,20,22H,6-7,19,21,23-26H2,1-5H3,(H,39,40). The number of carbonyl (C=O) groups is 2. The van der Waals surface area contributed by atoms with Gasteiger partial charge in [-0.15, -0.1) is 0 Å². The van der Waals surface area contributed by atoms with E-state index in [1.807, 2.05) is 99.4 Å². The van der Waals surface area contributed by atoms with E-state index < -0.39 is 5.60 Å². The van der Waals surface area contributed by atoms with Crippen LogP contribution in [0.1, 0.15) is 51.1 Å². The maximum atomic E-state index is 13.6. The Morgan fingerprint density at radius 2 is 1.62 bits per heavy atom. The topological polar surface area (TPSA) is 108 Å². The van der Waals surface area contributed by atoms with E-state index in [1.54, 1.807) is 6.92 Å². The Morgan fingerprint density at radius 1 is 0.896 bits per heavy atom. The molecular formula is C38H45N5O5. The summed E-state index contributed by atoms with van der Waals surface area (Å²) in [6.45, 7) is 9.76. The molecule has 0 radical (unpaired) electrons. The molecule has 252 valence electrons. The number of pyridine rings is 1. The smallest absolute Gasteiger partial charge is 0.326 e. The Labute approximate surface area is 282 Å². The highest BCUT2D eigenvalue weighted by atomic mass is 16.6. The SMILES string of the molecule is CCOCc1nc2c(NC)nc3cc(CCC(=O)OCC)ccc3c2n1CC(C)(C)OC(=O)CN(Cc1ccccc1)c1ccccc1. The van der Waals surface area contributed by atoms with Gasteiger partial charge in [-0.1, -0.05) is 60.7 Å². The lowest BCUT2D eigenvalue weighted by atomic mass is 10.1. The second-order valence-corrected chi connectivity index (χ2v) is 12.2. The number of rotatable bonds is 16. The summed E-state index contributed by atoms with van der Waals surface area (Å²) in [4.78, 5) is 37.5. The lowest BCUT2D eigenvalue weighted by Crippen LogP contribution is -2.38. The summed E-state index contributed by atoms with van der Waals surface area (Å²) < 4.78 is 19.3. The van der Waals surface area contributed by atoms with E-state index in [0.29, 0.717) is 56.3 Å². The van der Waals surface area contributed by atoms with Gasteiger partial charge in [0.2, 0.25) is 0 Å². The molecule has 0 spiro atoms. The molecule has 5 rings (SSSR count). The molecule has 3 aromatic carbocycles. The predicted octanol–water partition coefficient (Wildman–Crippen LogP) is 6.69. The molecule has 2 heterocycles. The number of carbonyl (C=O) groups excluding carboxylic acids is 2. The fourth-order valence-corrected chi connectivity index (χ4v) is 5.85. The van der Waals surface area contributed by atoms with E-state index in [2.05, 4.69) is 22.0 Å². The van der Waals surface area contributed by atoms with Crippen molar-refractivity contribution in [2.24, 2.45) is 0 Å². The van der Waals surface area contributed by atoms with E-state index in [1.165, 1.54) is 0 Å². The van der Waals surface area contributed by atoms with Gasteiger partial charge in [-0.2, -0.15) is 0 Å². The van der Waals surface area contributed by atoms with Crippen molar-refractivity contribution in [2.45, 2.75) is 65.8 Å². The number of benzene rings is 3. The molecule has 0 aliphatic heterocycles. The third kappa shape index (κ3) is 8.49. The van der Waals surface area contributed by atoms with E-state index >= 15 is 0 Å². The van der Waals surface area contributed by atoms with E-state index in [0.717, 1.165) is 33.2 Å². The summed E-state index contributed by atoms with van der Waals surface area (Å²) in [5, 5.41) is 4.11. The number of anilines is 2. The number of esters is 2. The molecule has 0 unspecified atom stereocenters. The van der Waals surface area contributed by atoms with Crippen LogP contribution in [0.4, 0.5) is 11.5 Å². The summed E-state index contributed by atoms with van der Waals surface area (Å²) in [6, 6.07) is 26.0. The maximum Gasteiger partial charge on any atom is 0.326 e. The Kier molecular flexibility index (Phi) is 11.3. The predicted molar refractivity (Wildman–Crippen MR) is 189 cm³/mol. The first kappa shape index (κ1) is 34.4. The van der Waals surface area contributed by atoms with Gasteiger partial charge in [-0.25, -0.2) is 9.97 Å². The van der Waals surface area contributed by atoms with Crippen LogP contribution in [0.5, 0.6) is 0 Å². The third-order valence-electron chi connectivity index (χ3n) is 8.00. The van der Waals surface area contributed by atoms with E-state index in [4.69, 9.17) is 24.2 Å². The molecule has 48 heavy (non-hydrogen) atoms. The summed E-state index contributed by atoms with van der Waals surface area (Å²) in [6.07, 6.45) is 0.842. The quantitative estimate of drug-likeness (QED) is 0.117. The fraction of sp³-hybridized carbons (Fsp3) is 0.368. The number of nitrogens with zero attached hydrogens (tertiary/aromatic N) is 4. The number of hydrogen-bond acceptors (Lipinski definition) is 9. The number of fused-ring (bicyclic) bond motifs is 3. The number of imidazole rings is 1. The van der Waals surface area contributed by atoms with Crippen LogP contribution in [0, 0.1) is 0 Å². The van der Waals surface area contributed by atoms with Gasteiger partial charge in [0, 0.05) is 37.7 Å². The van der Waals surface area contributed by atoms with Gasteiger partial charge in [0.1, 0.15) is 30.1 Å². The zero-order valence-corrected chi connectivity index (χ0v) is 28.5. The van der Waals surface area contributed by atoms with Crippen LogP contribution >= 0.6 is 0 Å². The van der Waals surface area contributed by atoms with Gasteiger partial charge in [-0.3, -0.25) is 9.59 Å². The number of aryl methyl sites for hydroxylation is 1. The summed E-state index contributed by atoms with van der Waals surface area (Å²) in [5.41, 5.74) is 4.48. The average Bonchev–Trinajstić information content (AvgIpc) is 3.43. The first-order chi connectivity index (χ1) is 23.2. The molecule has 1 N–H and O–H groups in total. The number of aromatic nitrogens is 3. The average molecular weight is 652 g/mol. The van der Waals surface area contributed by atoms with Crippen molar-refractivity contribution < 1.29 is 23.8 Å². The van der Waals surface area contributed by atoms with Crippen LogP contribution in [-0.2, 0) is 49.9 Å². The largest absolute Gasteiger partial charge is 0.466 e. The zero-order valence-electron chi connectivity index (χ0n) is 28.5. The van der Waals surface area contributed by atoms with Gasteiger partial charge >= 0.3 is 11.9 Å². The van der Waals surface area contributed by atoms with Gasteiger partial charge in [0.15, 0.2) is 5.82 Å². The summed E-state index contributed by atoms with van der Waals surface area (Å²) >= 11 is 0. The lowest BCUT2D eigenvalue weighted by Gasteiger charge is -2.30. The first-order valence-electron chi connectivity index (χ1n) is 16.5. The Morgan fingerprint density at radius 3 is 2.31 bits per heavy atom. The number of hydrogen-bond donors (Lipinski definition) is 1. The van der Waals surface area contributed by atoms with Crippen molar-refractivity contribution in [3.05, 3.63) is 95.8 Å². The first-order valence-corrected chi connectivity index (χ1v) is 16.5. The van der Waals surface area contributed by atoms with Crippen molar-refractivity contribution in [1.29, 1.82) is 0 Å². The Bertz CT molecular complexity index is 1840. The van der Waals surface area contributed by atoms with E-state index in [-0.39, 0.29) is 25.1 Å². The molecule has 10 nitrogen and oxygen atoms in total. The number of ether oxygens (including phenoxy) is 3. The second-order valence-electron chi connectivity index (χ2n) is 12.2. The van der Waals surface area contributed by atoms with Crippen molar-refractivity contribution in [1.82, 2.24) is 14.5 Å². The highest BCUT2D eigenvalue weighted by Gasteiger charge is 2.29. The highest BCUT2D eigenvalue weighted by molar-refractivity contribution is 6.07. The van der Waals surface area contributed by atoms with E-state index in [9.17, 15) is 9.59 Å². The highest BCUT2D eigenvalue weighted by Crippen LogP contribution is 2.33. The molecule has 0 amide bonds. The molecule has 0 atom stereocenters. The minimum atomic E-state index is -0.893. The monoisotopic (exact) mass is 651 g/mol. The molecule has 5 aromatic rings. The zero-order chi connectivity index (χ0) is 34.1. The van der Waals surface area contributed by atoms with Crippen LogP contribution in [0.3, 0.4) is 0 Å². The fourth-order valence-electron chi connectivity index (χ4n) is 5.85. The molecular weight excluding hydrogens is 606 g/mol. The Balaban J connectivity index is 1.45. The molecule has 0 saturated heterocycles. The molecule has 0 saturated carbocycles. The summed E-state index contributed by atoms with van der Waals surface area (Å²) in [5.74, 6) is 0.789. The van der Waals surface area contributed by atoms with Crippen LogP contribution in [0.2, 0.25) is 0 Å². The third-order valence-corrected chi connectivity index (χ3v) is 8.00. The number of nitrogens with one attached hydrogen (secondary N) is 1. The molecule has 10 heteroatoms. The van der Waals surface area contributed by atoms with Crippen molar-refractivity contribution >= 4 is 45.4 Å². The second kappa shape index (κ2) is 15.8. The van der Waals surface area contributed by atoms with Gasteiger partial charge in [0.05, 0.1) is 24.2 Å². The molecule has 0 bridgehead atoms. The van der Waals surface area contributed by atoms with Crippen LogP contribution in [0.25, 0.3) is 21.9 Å². The van der Waals surface area contributed by atoms with Crippen molar-refractivity contribution in [3.8, 4) is 0 Å². The maximum absolute atomic E-state index is 13.6. The van der Waals surface area contributed by atoms with Crippen molar-refractivity contribution in [2.75, 3.05) is 37.0 Å². The van der Waals surface area contributed by atoms with Gasteiger partial charge in [-0.05, 0) is 63.4 Å². The molecule has 2 aromatic heterocycles. The van der Waals surface area contributed by atoms with Gasteiger partial charge in [0.25, 0.3) is 0 Å². The normalized spacial score (nSPS) is 11.5. The van der Waals surface area contributed by atoms with Crippen LogP contribution < -0.4 is 10.2 Å². The molecule has 0 fully saturated rings. The molecule has 0 aliphatic carbocycles. The Hall–Kier alpha value is -4.96. The van der Waals surface area contributed by atoms with Gasteiger partial charge < -0.3 is 29.0 Å². The minimum absolute atomic E-state index is 0.0874. The summed E-state index contributed by atoms with van der Waals surface area (Å²) in [7, 11) is 1.82. The number of para-hydroxylation sites is 1. The van der Waals surface area contributed by atoms with Crippen LogP contribution in [0.15, 0.2) is 78.9 Å². The molecule has 0 aliphatic rings. The minimum Gasteiger partial charge on any atom is -0.466 e. The van der Waals surface area contributed by atoms with Crippen molar-refractivity contribution in [3.63, 3.8) is 0 Å². The lowest BCUT2D eigenvalue weighted by molar-refractivity contribution is -0.155.